The molecule has 3 rings (SSSR count). The molecule has 0 aliphatic heterocycles. The Kier molecular flexibility index (Phi) is 3.96. The minimum absolute atomic E-state index is 0.0569. The molecule has 0 unspecified atom stereocenters. The number of rotatable bonds is 4. The molecular weight excluding hydrogens is 272 g/mol. The largest absolute Gasteiger partial charge is 0.353 e. The van der Waals surface area contributed by atoms with Crippen molar-refractivity contribution >= 4 is 33.8 Å². The summed E-state index contributed by atoms with van der Waals surface area (Å²) in [7, 11) is 0. The average Bonchev–Trinajstić information content (AvgIpc) is 2.86. The number of para-hydroxylation sites is 1. The zero-order valence-corrected chi connectivity index (χ0v) is 13.0. The van der Waals surface area contributed by atoms with Gasteiger partial charge in [0.25, 0.3) is 0 Å². The van der Waals surface area contributed by atoms with Crippen molar-refractivity contribution in [2.24, 2.45) is 0 Å². The van der Waals surface area contributed by atoms with Gasteiger partial charge in [-0.1, -0.05) is 24.3 Å². The summed E-state index contributed by atoms with van der Waals surface area (Å²) in [5, 5.41) is 5.25. The molecule has 112 valence electrons. The molecule has 0 aliphatic carbocycles. The number of aryl methyl sites for hydroxylation is 1. The molecular formula is C19H20N2O. The van der Waals surface area contributed by atoms with Gasteiger partial charge in [0.05, 0.1) is 0 Å². The number of hydrogen-bond acceptors (Lipinski definition) is 1. The minimum atomic E-state index is -0.0569. The Balaban J connectivity index is 2.10. The molecule has 2 aromatic carbocycles. The molecule has 0 aliphatic rings. The molecule has 0 bridgehead atoms. The van der Waals surface area contributed by atoms with Gasteiger partial charge in [-0.15, -0.1) is 0 Å². The molecule has 3 heteroatoms. The quantitative estimate of drug-likeness (QED) is 0.726. The normalized spacial score (nSPS) is 11.5. The lowest BCUT2D eigenvalue weighted by Gasteiger charge is -2.02. The molecule has 0 saturated carbocycles. The lowest BCUT2D eigenvalue weighted by atomic mass is 10.1. The SMILES string of the molecule is CCNC(=O)/C=C/c1ccc2c(c1)c1ccccc1n2CC. The van der Waals surface area contributed by atoms with Crippen LogP contribution < -0.4 is 5.32 Å². The molecule has 0 saturated heterocycles. The van der Waals surface area contributed by atoms with Crippen LogP contribution in [0.25, 0.3) is 27.9 Å². The summed E-state index contributed by atoms with van der Waals surface area (Å²) in [5.41, 5.74) is 3.53. The molecule has 1 amide bonds. The van der Waals surface area contributed by atoms with Crippen molar-refractivity contribution < 1.29 is 4.79 Å². The summed E-state index contributed by atoms with van der Waals surface area (Å²) in [4.78, 5) is 11.5. The Hall–Kier alpha value is -2.55. The first-order valence-electron chi connectivity index (χ1n) is 7.71. The number of benzene rings is 2. The van der Waals surface area contributed by atoms with Crippen LogP contribution in [0.2, 0.25) is 0 Å². The summed E-state index contributed by atoms with van der Waals surface area (Å²) >= 11 is 0. The van der Waals surface area contributed by atoms with E-state index in [1.165, 1.54) is 21.8 Å². The van der Waals surface area contributed by atoms with Crippen LogP contribution in [0.15, 0.2) is 48.5 Å². The van der Waals surface area contributed by atoms with Crippen LogP contribution in [0.4, 0.5) is 0 Å². The van der Waals surface area contributed by atoms with E-state index in [0.717, 1.165) is 12.1 Å². The highest BCUT2D eigenvalue weighted by molar-refractivity contribution is 6.08. The smallest absolute Gasteiger partial charge is 0.243 e. The summed E-state index contributed by atoms with van der Waals surface area (Å²) in [6.07, 6.45) is 3.45. The van der Waals surface area contributed by atoms with Crippen molar-refractivity contribution in [2.45, 2.75) is 20.4 Å². The standard InChI is InChI=1S/C19H20N2O/c1-3-20-19(22)12-10-14-9-11-18-16(13-14)15-7-5-6-8-17(15)21(18)4-2/h5-13H,3-4H2,1-2H3,(H,20,22)/b12-10+. The lowest BCUT2D eigenvalue weighted by Crippen LogP contribution is -2.19. The molecule has 3 nitrogen and oxygen atoms in total. The van der Waals surface area contributed by atoms with Crippen molar-refractivity contribution in [1.29, 1.82) is 0 Å². The van der Waals surface area contributed by atoms with Crippen LogP contribution in [-0.4, -0.2) is 17.0 Å². The monoisotopic (exact) mass is 292 g/mol. The molecule has 22 heavy (non-hydrogen) atoms. The van der Waals surface area contributed by atoms with Gasteiger partial charge in [-0.2, -0.15) is 0 Å². The van der Waals surface area contributed by atoms with Crippen LogP contribution in [-0.2, 0) is 11.3 Å². The number of aromatic nitrogens is 1. The fraction of sp³-hybridized carbons (Fsp3) is 0.211. The van der Waals surface area contributed by atoms with E-state index in [1.807, 2.05) is 13.0 Å². The third-order valence-corrected chi connectivity index (χ3v) is 3.89. The van der Waals surface area contributed by atoms with E-state index >= 15 is 0 Å². The summed E-state index contributed by atoms with van der Waals surface area (Å²) in [6.45, 7) is 5.66. The van der Waals surface area contributed by atoms with Gasteiger partial charge >= 0.3 is 0 Å². The second-order valence-electron chi connectivity index (χ2n) is 5.27. The molecule has 0 radical (unpaired) electrons. The van der Waals surface area contributed by atoms with E-state index in [2.05, 4.69) is 59.3 Å². The van der Waals surface area contributed by atoms with Gasteiger partial charge in [-0.3, -0.25) is 4.79 Å². The van der Waals surface area contributed by atoms with Crippen LogP contribution in [0, 0.1) is 0 Å². The lowest BCUT2D eigenvalue weighted by molar-refractivity contribution is -0.116. The maximum atomic E-state index is 11.5. The van der Waals surface area contributed by atoms with E-state index < -0.39 is 0 Å². The van der Waals surface area contributed by atoms with Crippen LogP contribution in [0.5, 0.6) is 0 Å². The molecule has 3 aromatic rings. The Morgan fingerprint density at radius 1 is 1.09 bits per heavy atom. The second-order valence-corrected chi connectivity index (χ2v) is 5.27. The van der Waals surface area contributed by atoms with Crippen molar-refractivity contribution in [1.82, 2.24) is 9.88 Å². The zero-order valence-electron chi connectivity index (χ0n) is 13.0. The van der Waals surface area contributed by atoms with E-state index in [9.17, 15) is 4.79 Å². The fourth-order valence-corrected chi connectivity index (χ4v) is 2.92. The predicted molar refractivity (Wildman–Crippen MR) is 92.8 cm³/mol. The third-order valence-electron chi connectivity index (χ3n) is 3.89. The molecule has 1 N–H and O–H groups in total. The Labute approximate surface area is 130 Å². The van der Waals surface area contributed by atoms with Gasteiger partial charge in [-0.25, -0.2) is 0 Å². The van der Waals surface area contributed by atoms with Crippen LogP contribution in [0.3, 0.4) is 0 Å². The first-order valence-corrected chi connectivity index (χ1v) is 7.71. The Morgan fingerprint density at radius 2 is 1.86 bits per heavy atom. The second kappa shape index (κ2) is 6.06. The number of fused-ring (bicyclic) bond motifs is 3. The summed E-state index contributed by atoms with van der Waals surface area (Å²) < 4.78 is 2.32. The molecule has 0 fully saturated rings. The Bertz CT molecular complexity index is 858. The Morgan fingerprint density at radius 3 is 2.64 bits per heavy atom. The van der Waals surface area contributed by atoms with Crippen molar-refractivity contribution in [3.05, 3.63) is 54.1 Å². The number of nitrogens with one attached hydrogen (secondary N) is 1. The van der Waals surface area contributed by atoms with E-state index in [-0.39, 0.29) is 5.91 Å². The van der Waals surface area contributed by atoms with Crippen molar-refractivity contribution in [3.8, 4) is 0 Å². The predicted octanol–water partition coefficient (Wildman–Crippen LogP) is 3.96. The van der Waals surface area contributed by atoms with Gasteiger partial charge in [0.1, 0.15) is 0 Å². The number of amides is 1. The van der Waals surface area contributed by atoms with Crippen LogP contribution >= 0.6 is 0 Å². The molecule has 1 heterocycles. The number of carbonyl (C=O) groups is 1. The van der Waals surface area contributed by atoms with Crippen molar-refractivity contribution in [2.75, 3.05) is 6.54 Å². The van der Waals surface area contributed by atoms with Gasteiger partial charge in [0.2, 0.25) is 5.91 Å². The first kappa shape index (κ1) is 14.4. The molecule has 0 atom stereocenters. The molecule has 1 aromatic heterocycles. The summed E-state index contributed by atoms with van der Waals surface area (Å²) in [6, 6.07) is 14.8. The zero-order chi connectivity index (χ0) is 15.5. The van der Waals surface area contributed by atoms with E-state index in [4.69, 9.17) is 0 Å². The van der Waals surface area contributed by atoms with Gasteiger partial charge in [-0.05, 0) is 43.7 Å². The van der Waals surface area contributed by atoms with Gasteiger partial charge in [0, 0.05) is 41.0 Å². The third kappa shape index (κ3) is 2.50. The first-order chi connectivity index (χ1) is 10.7. The average molecular weight is 292 g/mol. The summed E-state index contributed by atoms with van der Waals surface area (Å²) in [5.74, 6) is -0.0569. The maximum Gasteiger partial charge on any atom is 0.243 e. The fourth-order valence-electron chi connectivity index (χ4n) is 2.92. The highest BCUT2D eigenvalue weighted by Crippen LogP contribution is 2.29. The van der Waals surface area contributed by atoms with Gasteiger partial charge in [0.15, 0.2) is 0 Å². The van der Waals surface area contributed by atoms with E-state index in [1.54, 1.807) is 6.08 Å². The maximum absolute atomic E-state index is 11.5. The topological polar surface area (TPSA) is 34.0 Å². The highest BCUT2D eigenvalue weighted by Gasteiger charge is 2.08. The number of hydrogen-bond donors (Lipinski definition) is 1. The van der Waals surface area contributed by atoms with E-state index in [0.29, 0.717) is 6.54 Å². The van der Waals surface area contributed by atoms with Crippen molar-refractivity contribution in [3.63, 3.8) is 0 Å². The minimum Gasteiger partial charge on any atom is -0.353 e. The number of nitrogens with zero attached hydrogens (tertiary/aromatic N) is 1. The number of carbonyl (C=O) groups excluding carboxylic acids is 1. The molecule has 0 spiro atoms. The van der Waals surface area contributed by atoms with Gasteiger partial charge < -0.3 is 9.88 Å². The highest BCUT2D eigenvalue weighted by atomic mass is 16.1. The van der Waals surface area contributed by atoms with Crippen LogP contribution in [0.1, 0.15) is 19.4 Å². The number of likely N-dealkylation sites (N-methyl/N-ethyl adjacent to an activating group) is 1.